The van der Waals surface area contributed by atoms with Crippen LogP contribution in [-0.4, -0.2) is 54.2 Å². The minimum Gasteiger partial charge on any atom is -0.744 e. The average molecular weight is 294 g/mol. The molecule has 0 saturated heterocycles. The summed E-state index contributed by atoms with van der Waals surface area (Å²) in [5.41, 5.74) is 0.596. The van der Waals surface area contributed by atoms with Crippen LogP contribution in [0, 0.1) is 0 Å². The molecule has 0 fully saturated rings. The molecule has 0 bridgehead atoms. The van der Waals surface area contributed by atoms with Crippen molar-refractivity contribution < 1.29 is 13.0 Å². The molecule has 0 aromatic heterocycles. The van der Waals surface area contributed by atoms with Crippen molar-refractivity contribution in [1.82, 2.24) is 5.32 Å². The Balaban J connectivity index is 0.00000289. The van der Waals surface area contributed by atoms with Crippen LogP contribution in [0.3, 0.4) is 0 Å². The molecule has 0 amide bonds. The first kappa shape index (κ1) is 17.6. The van der Waals surface area contributed by atoms with Crippen molar-refractivity contribution in [3.63, 3.8) is 0 Å². The molecule has 1 rings (SSSR count). The molecule has 5 nitrogen and oxygen atoms in total. The minimum absolute atomic E-state index is 0. The molecule has 0 aliphatic rings. The summed E-state index contributed by atoms with van der Waals surface area (Å²) in [6, 6.07) is 5.38. The number of hydrogen-bond donors (Lipinski definition) is 2. The van der Waals surface area contributed by atoms with E-state index in [1.54, 1.807) is 6.08 Å². The van der Waals surface area contributed by atoms with E-state index in [2.05, 4.69) is 17.2 Å². The monoisotopic (exact) mass is 294 g/mol. The first-order chi connectivity index (χ1) is 7.93. The van der Waals surface area contributed by atoms with E-state index < -0.39 is 10.1 Å². The summed E-state index contributed by atoms with van der Waals surface area (Å²) in [6.07, 6.45) is 1.65. The van der Waals surface area contributed by atoms with Gasteiger partial charge >= 0.3 is 0 Å². The van der Waals surface area contributed by atoms with E-state index >= 15 is 0 Å². The van der Waals surface area contributed by atoms with Gasteiger partial charge in [0.25, 0.3) is 0 Å². The quantitative estimate of drug-likeness (QED) is 0.368. The van der Waals surface area contributed by atoms with Gasteiger partial charge in [-0.05, 0) is 36.5 Å². The zero-order valence-electron chi connectivity index (χ0n) is 9.84. The van der Waals surface area contributed by atoms with E-state index in [-0.39, 0.29) is 34.5 Å². The molecule has 8 heteroatoms. The Bertz CT molecular complexity index is 514. The summed E-state index contributed by atoms with van der Waals surface area (Å²) in [4.78, 5) is -0.270. The molecule has 0 heterocycles. The van der Waals surface area contributed by atoms with Crippen molar-refractivity contribution in [3.8, 4) is 0 Å². The third kappa shape index (κ3) is 5.94. The van der Waals surface area contributed by atoms with Gasteiger partial charge in [0, 0.05) is 41.8 Å². The number of thiocarbonyl (C=S) groups is 1. The van der Waals surface area contributed by atoms with Crippen LogP contribution in [0.4, 0.5) is 5.69 Å². The topological polar surface area (TPSA) is 81.3 Å². The van der Waals surface area contributed by atoms with Crippen molar-refractivity contribution >= 4 is 62.7 Å². The molecule has 0 aliphatic heterocycles. The van der Waals surface area contributed by atoms with Crippen LogP contribution in [0.2, 0.25) is 0 Å². The Morgan fingerprint density at radius 3 is 2.39 bits per heavy atom. The van der Waals surface area contributed by atoms with E-state index in [0.717, 1.165) is 0 Å². The van der Waals surface area contributed by atoms with Crippen molar-refractivity contribution in [3.05, 3.63) is 36.9 Å². The summed E-state index contributed by atoms with van der Waals surface area (Å²) in [5.74, 6) is 0. The molecule has 1 aromatic rings. The summed E-state index contributed by atoms with van der Waals surface area (Å²) in [7, 11) is -4.40. The van der Waals surface area contributed by atoms with Gasteiger partial charge in [-0.1, -0.05) is 6.08 Å². The van der Waals surface area contributed by atoms with Crippen molar-refractivity contribution in [2.24, 2.45) is 0 Å². The maximum atomic E-state index is 10.7. The van der Waals surface area contributed by atoms with Gasteiger partial charge < -0.3 is 15.2 Å². The standard InChI is InChI=1S/C10H12N2O3S2.Na/c1-2-7-11-10(16)12-8-3-5-9(6-4-8)17(13,14)15;/h2-6H,1,7H2,(H2,11,12,16)(H,13,14,15);/p-1. The number of anilines is 1. The molecular weight excluding hydrogens is 283 g/mol. The van der Waals surface area contributed by atoms with Crippen LogP contribution in [0.1, 0.15) is 0 Å². The molecule has 2 N–H and O–H groups in total. The largest absolute Gasteiger partial charge is 0.744 e. The Hall–Kier alpha value is -0.440. The second-order valence-corrected chi connectivity index (χ2v) is 4.89. The van der Waals surface area contributed by atoms with Gasteiger partial charge in [0.1, 0.15) is 10.1 Å². The van der Waals surface area contributed by atoms with Crippen molar-refractivity contribution in [1.29, 1.82) is 0 Å². The molecule has 93 valence electrons. The van der Waals surface area contributed by atoms with Crippen molar-refractivity contribution in [2.75, 3.05) is 11.9 Å². The molecule has 1 radical (unpaired) electrons. The first-order valence-electron chi connectivity index (χ1n) is 4.65. The second kappa shape index (κ2) is 7.88. The van der Waals surface area contributed by atoms with E-state index in [0.29, 0.717) is 17.3 Å². The van der Waals surface area contributed by atoms with Crippen LogP contribution < -0.4 is 10.6 Å². The maximum Gasteiger partial charge on any atom is 0.171 e. The zero-order chi connectivity index (χ0) is 12.9. The summed E-state index contributed by atoms with van der Waals surface area (Å²) < 4.78 is 32.0. The summed E-state index contributed by atoms with van der Waals surface area (Å²) in [5, 5.41) is 6.07. The molecule has 0 unspecified atom stereocenters. The fourth-order valence-corrected chi connectivity index (χ4v) is 1.72. The second-order valence-electron chi connectivity index (χ2n) is 3.10. The van der Waals surface area contributed by atoms with Gasteiger partial charge in [-0.3, -0.25) is 0 Å². The van der Waals surface area contributed by atoms with Gasteiger partial charge in [0.05, 0.1) is 4.90 Å². The minimum atomic E-state index is -4.40. The Morgan fingerprint density at radius 1 is 1.39 bits per heavy atom. The van der Waals surface area contributed by atoms with Gasteiger partial charge in [-0.15, -0.1) is 6.58 Å². The molecule has 0 spiro atoms. The molecule has 0 aliphatic carbocycles. The molecule has 18 heavy (non-hydrogen) atoms. The SMILES string of the molecule is C=CCNC(=S)Nc1ccc(S(=O)(=O)[O-])cc1.[Na]. The van der Waals surface area contributed by atoms with Crippen LogP contribution in [0.15, 0.2) is 41.8 Å². The fourth-order valence-electron chi connectivity index (χ4n) is 1.05. The maximum absolute atomic E-state index is 10.7. The predicted molar refractivity (Wildman–Crippen MR) is 74.6 cm³/mol. The molecular formula is C10H11N2NaO3S2-. The van der Waals surface area contributed by atoms with Crippen LogP contribution in [0.25, 0.3) is 0 Å². The van der Waals surface area contributed by atoms with E-state index in [4.69, 9.17) is 12.2 Å². The first-order valence-corrected chi connectivity index (χ1v) is 6.47. The third-order valence-corrected chi connectivity index (χ3v) is 2.90. The zero-order valence-corrected chi connectivity index (χ0v) is 13.5. The summed E-state index contributed by atoms with van der Waals surface area (Å²) >= 11 is 4.96. The molecule has 1 aromatic carbocycles. The smallest absolute Gasteiger partial charge is 0.171 e. The van der Waals surface area contributed by atoms with E-state index in [1.807, 2.05) is 0 Å². The van der Waals surface area contributed by atoms with Gasteiger partial charge in [-0.2, -0.15) is 0 Å². The normalized spacial score (nSPS) is 10.1. The average Bonchev–Trinajstić information content (AvgIpc) is 2.26. The summed E-state index contributed by atoms with van der Waals surface area (Å²) in [6.45, 7) is 4.05. The van der Waals surface area contributed by atoms with E-state index in [1.165, 1.54) is 24.3 Å². The Kier molecular flexibility index (Phi) is 7.69. The van der Waals surface area contributed by atoms with E-state index in [9.17, 15) is 13.0 Å². The number of rotatable bonds is 4. The third-order valence-electron chi connectivity index (χ3n) is 1.81. The Morgan fingerprint density at radius 2 is 1.94 bits per heavy atom. The number of benzene rings is 1. The Labute approximate surface area is 134 Å². The fraction of sp³-hybridized carbons (Fsp3) is 0.100. The number of hydrogen-bond acceptors (Lipinski definition) is 4. The molecule has 0 atom stereocenters. The van der Waals surface area contributed by atoms with Gasteiger partial charge in [-0.25, -0.2) is 8.42 Å². The van der Waals surface area contributed by atoms with Crippen LogP contribution in [0.5, 0.6) is 0 Å². The van der Waals surface area contributed by atoms with Gasteiger partial charge in [0.2, 0.25) is 0 Å². The van der Waals surface area contributed by atoms with Crippen LogP contribution in [-0.2, 0) is 10.1 Å². The van der Waals surface area contributed by atoms with Crippen LogP contribution >= 0.6 is 12.2 Å². The number of nitrogens with one attached hydrogen (secondary N) is 2. The molecule has 0 saturated carbocycles. The van der Waals surface area contributed by atoms with Crippen molar-refractivity contribution in [2.45, 2.75) is 4.90 Å². The predicted octanol–water partition coefficient (Wildman–Crippen LogP) is 0.682. The van der Waals surface area contributed by atoms with Gasteiger partial charge in [0.15, 0.2) is 5.11 Å².